The van der Waals surface area contributed by atoms with E-state index in [0.29, 0.717) is 17.7 Å². The quantitative estimate of drug-likeness (QED) is 0.473. The van der Waals surface area contributed by atoms with Gasteiger partial charge >= 0.3 is 5.97 Å². The SMILES string of the molecule is CCc1cc(N)cc(C(=O)O)c1O. The fraction of sp³-hybridized carbons (Fsp3) is 0.222. The number of nitrogen functional groups attached to an aromatic ring is 1. The highest BCUT2D eigenvalue weighted by molar-refractivity contribution is 5.92. The van der Waals surface area contributed by atoms with Crippen molar-refractivity contribution in [2.75, 3.05) is 5.73 Å². The first-order chi connectivity index (χ1) is 6.06. The molecular formula is C9H11NO3. The minimum absolute atomic E-state index is 0.142. The number of anilines is 1. The van der Waals surface area contributed by atoms with Crippen LogP contribution in [0.4, 0.5) is 5.69 Å². The molecular weight excluding hydrogens is 170 g/mol. The molecule has 0 heterocycles. The van der Waals surface area contributed by atoms with Crippen molar-refractivity contribution < 1.29 is 15.0 Å². The third-order valence-electron chi connectivity index (χ3n) is 1.82. The van der Waals surface area contributed by atoms with Crippen molar-refractivity contribution in [2.24, 2.45) is 0 Å². The fourth-order valence-corrected chi connectivity index (χ4v) is 1.15. The van der Waals surface area contributed by atoms with E-state index in [9.17, 15) is 9.90 Å². The second-order valence-electron chi connectivity index (χ2n) is 2.73. The lowest BCUT2D eigenvalue weighted by molar-refractivity contribution is 0.0693. The van der Waals surface area contributed by atoms with Crippen molar-refractivity contribution in [3.05, 3.63) is 23.3 Å². The van der Waals surface area contributed by atoms with Gasteiger partial charge < -0.3 is 15.9 Å². The molecule has 1 aromatic carbocycles. The summed E-state index contributed by atoms with van der Waals surface area (Å²) in [5, 5.41) is 18.1. The summed E-state index contributed by atoms with van der Waals surface area (Å²) in [4.78, 5) is 10.6. The van der Waals surface area contributed by atoms with Crippen LogP contribution in [0.15, 0.2) is 12.1 Å². The summed E-state index contributed by atoms with van der Waals surface area (Å²) >= 11 is 0. The number of benzene rings is 1. The molecule has 0 radical (unpaired) electrons. The van der Waals surface area contributed by atoms with Gasteiger partial charge in [0.2, 0.25) is 0 Å². The monoisotopic (exact) mass is 181 g/mol. The average molecular weight is 181 g/mol. The third-order valence-corrected chi connectivity index (χ3v) is 1.82. The van der Waals surface area contributed by atoms with Gasteiger partial charge in [0.15, 0.2) is 0 Å². The Balaban J connectivity index is 3.35. The Kier molecular flexibility index (Phi) is 2.41. The molecule has 0 aliphatic carbocycles. The molecule has 0 atom stereocenters. The lowest BCUT2D eigenvalue weighted by Gasteiger charge is -2.06. The lowest BCUT2D eigenvalue weighted by Crippen LogP contribution is -2.01. The maximum absolute atomic E-state index is 10.6. The molecule has 4 heteroatoms. The molecule has 4 N–H and O–H groups in total. The number of carboxylic acid groups (broad SMARTS) is 1. The van der Waals surface area contributed by atoms with Gasteiger partial charge in [-0.15, -0.1) is 0 Å². The van der Waals surface area contributed by atoms with E-state index >= 15 is 0 Å². The zero-order valence-electron chi connectivity index (χ0n) is 7.24. The number of phenols is 1. The van der Waals surface area contributed by atoms with Gasteiger partial charge in [-0.2, -0.15) is 0 Å². The van der Waals surface area contributed by atoms with Crippen LogP contribution in [0.3, 0.4) is 0 Å². The van der Waals surface area contributed by atoms with Crippen LogP contribution in [0, 0.1) is 0 Å². The molecule has 0 spiro atoms. The van der Waals surface area contributed by atoms with Crippen molar-refractivity contribution in [1.29, 1.82) is 0 Å². The van der Waals surface area contributed by atoms with Crippen LogP contribution in [0.25, 0.3) is 0 Å². The van der Waals surface area contributed by atoms with E-state index in [1.165, 1.54) is 6.07 Å². The first kappa shape index (κ1) is 9.38. The standard InChI is InChI=1S/C9H11NO3/c1-2-5-3-6(10)4-7(8(5)11)9(12)13/h3-4,11H,2,10H2,1H3,(H,12,13). The summed E-state index contributed by atoms with van der Waals surface area (Å²) in [6.07, 6.45) is 0.553. The van der Waals surface area contributed by atoms with Crippen LogP contribution >= 0.6 is 0 Å². The number of carboxylic acids is 1. The number of aromatic carboxylic acids is 1. The molecule has 0 saturated carbocycles. The van der Waals surface area contributed by atoms with Crippen molar-refractivity contribution in [3.8, 4) is 5.75 Å². The predicted molar refractivity (Wildman–Crippen MR) is 48.9 cm³/mol. The second-order valence-corrected chi connectivity index (χ2v) is 2.73. The zero-order valence-corrected chi connectivity index (χ0v) is 7.24. The number of rotatable bonds is 2. The summed E-state index contributed by atoms with van der Waals surface area (Å²) in [5.74, 6) is -1.36. The molecule has 0 fully saturated rings. The van der Waals surface area contributed by atoms with Gasteiger partial charge in [0.25, 0.3) is 0 Å². The highest BCUT2D eigenvalue weighted by atomic mass is 16.4. The molecule has 0 aliphatic heterocycles. The molecule has 0 amide bonds. The van der Waals surface area contributed by atoms with Gasteiger partial charge in [0, 0.05) is 5.69 Å². The molecule has 1 aromatic rings. The molecule has 1 rings (SSSR count). The molecule has 0 aliphatic rings. The van der Waals surface area contributed by atoms with Gasteiger partial charge in [0.05, 0.1) is 0 Å². The normalized spacial score (nSPS) is 9.92. The first-order valence-electron chi connectivity index (χ1n) is 3.91. The van der Waals surface area contributed by atoms with Gasteiger partial charge in [-0.1, -0.05) is 6.92 Å². The van der Waals surface area contributed by atoms with Crippen molar-refractivity contribution >= 4 is 11.7 Å². The molecule has 4 nitrogen and oxygen atoms in total. The zero-order chi connectivity index (χ0) is 10.0. The van der Waals surface area contributed by atoms with Crippen molar-refractivity contribution in [3.63, 3.8) is 0 Å². The van der Waals surface area contributed by atoms with Crippen molar-refractivity contribution in [2.45, 2.75) is 13.3 Å². The number of hydrogen-bond acceptors (Lipinski definition) is 3. The van der Waals surface area contributed by atoms with Gasteiger partial charge in [0.1, 0.15) is 11.3 Å². The summed E-state index contributed by atoms with van der Waals surface area (Å²) < 4.78 is 0. The smallest absolute Gasteiger partial charge is 0.339 e. The van der Waals surface area contributed by atoms with Crippen LogP contribution < -0.4 is 5.73 Å². The van der Waals surface area contributed by atoms with Gasteiger partial charge in [-0.05, 0) is 24.1 Å². The highest BCUT2D eigenvalue weighted by Gasteiger charge is 2.13. The minimum Gasteiger partial charge on any atom is -0.507 e. The van der Waals surface area contributed by atoms with E-state index in [1.54, 1.807) is 6.07 Å². The summed E-state index contributed by atoms with van der Waals surface area (Å²) in [7, 11) is 0. The Morgan fingerprint density at radius 1 is 1.54 bits per heavy atom. The summed E-state index contributed by atoms with van der Waals surface area (Å²) in [6.45, 7) is 1.82. The molecule has 0 bridgehead atoms. The number of aromatic hydroxyl groups is 1. The van der Waals surface area contributed by atoms with Gasteiger partial charge in [-0.25, -0.2) is 4.79 Å². The fourth-order valence-electron chi connectivity index (χ4n) is 1.15. The lowest BCUT2D eigenvalue weighted by atomic mass is 10.1. The Morgan fingerprint density at radius 3 is 2.62 bits per heavy atom. The maximum Gasteiger partial charge on any atom is 0.339 e. The second kappa shape index (κ2) is 3.35. The van der Waals surface area contributed by atoms with E-state index in [4.69, 9.17) is 10.8 Å². The van der Waals surface area contributed by atoms with Crippen LogP contribution in [-0.4, -0.2) is 16.2 Å². The summed E-state index contributed by atoms with van der Waals surface area (Å²) in [6, 6.07) is 2.82. The Labute approximate surface area is 75.6 Å². The van der Waals surface area contributed by atoms with E-state index in [2.05, 4.69) is 0 Å². The van der Waals surface area contributed by atoms with E-state index in [0.717, 1.165) is 0 Å². The number of carbonyl (C=O) groups is 1. The Bertz CT molecular complexity index is 347. The van der Waals surface area contributed by atoms with E-state index < -0.39 is 5.97 Å². The molecule has 0 unspecified atom stereocenters. The van der Waals surface area contributed by atoms with E-state index in [1.807, 2.05) is 6.92 Å². The molecule has 70 valence electrons. The number of aryl methyl sites for hydroxylation is 1. The Hall–Kier alpha value is -1.71. The first-order valence-corrected chi connectivity index (χ1v) is 3.91. The molecule has 0 saturated heterocycles. The largest absolute Gasteiger partial charge is 0.507 e. The minimum atomic E-state index is -1.17. The van der Waals surface area contributed by atoms with Crippen LogP contribution in [-0.2, 0) is 6.42 Å². The predicted octanol–water partition coefficient (Wildman–Crippen LogP) is 1.24. The van der Waals surface area contributed by atoms with Crippen LogP contribution in [0.1, 0.15) is 22.8 Å². The van der Waals surface area contributed by atoms with Crippen LogP contribution in [0.2, 0.25) is 0 Å². The maximum atomic E-state index is 10.6. The third kappa shape index (κ3) is 1.72. The Morgan fingerprint density at radius 2 is 2.15 bits per heavy atom. The van der Waals surface area contributed by atoms with Crippen molar-refractivity contribution in [1.82, 2.24) is 0 Å². The highest BCUT2D eigenvalue weighted by Crippen LogP contribution is 2.26. The molecule has 13 heavy (non-hydrogen) atoms. The number of hydrogen-bond donors (Lipinski definition) is 3. The number of nitrogens with two attached hydrogens (primary N) is 1. The molecule has 0 aromatic heterocycles. The van der Waals surface area contributed by atoms with E-state index in [-0.39, 0.29) is 11.3 Å². The van der Waals surface area contributed by atoms with Crippen LogP contribution in [0.5, 0.6) is 5.75 Å². The summed E-state index contributed by atoms with van der Waals surface area (Å²) in [5.41, 5.74) is 6.23. The average Bonchev–Trinajstić information content (AvgIpc) is 2.08. The topological polar surface area (TPSA) is 83.6 Å². The van der Waals surface area contributed by atoms with Gasteiger partial charge in [-0.3, -0.25) is 0 Å².